The van der Waals surface area contributed by atoms with Gasteiger partial charge in [-0.05, 0) is 32.0 Å². The quantitative estimate of drug-likeness (QED) is 0.449. The number of benzene rings is 1. The molecule has 0 amide bonds. The SMILES string of the molecule is Cc1nnc([C@H]2CN(c3cn4c(=O)c(C)c(C)nc4c(-c4ccc(Cl)cc4F)n3)CCO2)o1. The van der Waals surface area contributed by atoms with Crippen molar-refractivity contribution in [3.05, 3.63) is 68.6 Å². The van der Waals surface area contributed by atoms with E-state index in [0.717, 1.165) is 0 Å². The zero-order chi connectivity index (χ0) is 23.3. The molecule has 1 aromatic carbocycles. The van der Waals surface area contributed by atoms with Gasteiger partial charge in [-0.3, -0.25) is 9.20 Å². The van der Waals surface area contributed by atoms with E-state index in [4.69, 9.17) is 25.7 Å². The number of aromatic nitrogens is 5. The van der Waals surface area contributed by atoms with Gasteiger partial charge in [-0.15, -0.1) is 10.2 Å². The van der Waals surface area contributed by atoms with Crippen LogP contribution in [0.4, 0.5) is 10.2 Å². The molecule has 33 heavy (non-hydrogen) atoms. The summed E-state index contributed by atoms with van der Waals surface area (Å²) in [6.07, 6.45) is 1.17. The summed E-state index contributed by atoms with van der Waals surface area (Å²) in [7, 11) is 0. The summed E-state index contributed by atoms with van der Waals surface area (Å²) < 4.78 is 27.6. The lowest BCUT2D eigenvalue weighted by Crippen LogP contribution is -2.39. The molecule has 3 aromatic heterocycles. The fraction of sp³-hybridized carbons (Fsp3) is 0.318. The van der Waals surface area contributed by atoms with Crippen molar-refractivity contribution in [3.63, 3.8) is 0 Å². The van der Waals surface area contributed by atoms with Crippen LogP contribution in [0.15, 0.2) is 33.6 Å². The Hall–Kier alpha value is -3.37. The van der Waals surface area contributed by atoms with Crippen LogP contribution in [-0.4, -0.2) is 44.3 Å². The third-order valence-corrected chi connectivity index (χ3v) is 5.90. The van der Waals surface area contributed by atoms with E-state index in [1.165, 1.54) is 16.5 Å². The standard InChI is InChI=1S/C22H20ClFN6O3/c1-11-12(2)25-20-19(15-5-4-14(23)8-16(15)24)26-18(10-30(20)22(11)31)29-6-7-32-17(9-29)21-28-27-13(3)33-21/h4-5,8,10,17H,6-7,9H2,1-3H3/t17-/m1/s1. The summed E-state index contributed by atoms with van der Waals surface area (Å²) in [5.41, 5.74) is 1.54. The number of anilines is 1. The van der Waals surface area contributed by atoms with Gasteiger partial charge >= 0.3 is 0 Å². The van der Waals surface area contributed by atoms with E-state index in [0.29, 0.717) is 48.6 Å². The fourth-order valence-electron chi connectivity index (χ4n) is 3.79. The minimum absolute atomic E-state index is 0.200. The number of hydrogen-bond acceptors (Lipinski definition) is 8. The molecule has 1 aliphatic rings. The molecule has 5 rings (SSSR count). The lowest BCUT2D eigenvalue weighted by Gasteiger charge is -2.32. The molecular formula is C22H20ClFN6O3. The van der Waals surface area contributed by atoms with Gasteiger partial charge in [0.05, 0.1) is 19.3 Å². The van der Waals surface area contributed by atoms with Crippen molar-refractivity contribution in [1.82, 2.24) is 24.6 Å². The number of morpholine rings is 1. The van der Waals surface area contributed by atoms with Gasteiger partial charge < -0.3 is 14.1 Å². The van der Waals surface area contributed by atoms with Crippen LogP contribution in [0.3, 0.4) is 0 Å². The van der Waals surface area contributed by atoms with Gasteiger partial charge in [0.15, 0.2) is 11.8 Å². The number of ether oxygens (including phenoxy) is 1. The second-order valence-corrected chi connectivity index (χ2v) is 8.29. The Morgan fingerprint density at radius 2 is 2.00 bits per heavy atom. The van der Waals surface area contributed by atoms with E-state index in [1.54, 1.807) is 33.0 Å². The van der Waals surface area contributed by atoms with E-state index < -0.39 is 11.9 Å². The van der Waals surface area contributed by atoms with Crippen LogP contribution in [-0.2, 0) is 4.74 Å². The summed E-state index contributed by atoms with van der Waals surface area (Å²) in [5, 5.41) is 8.18. The molecular weight excluding hydrogens is 451 g/mol. The third-order valence-electron chi connectivity index (χ3n) is 5.66. The molecule has 1 fully saturated rings. The number of halogens is 2. The summed E-state index contributed by atoms with van der Waals surface area (Å²) in [4.78, 5) is 24.3. The lowest BCUT2D eigenvalue weighted by molar-refractivity contribution is 0.0214. The van der Waals surface area contributed by atoms with Crippen molar-refractivity contribution in [2.75, 3.05) is 24.6 Å². The predicted octanol–water partition coefficient (Wildman–Crippen LogP) is 3.44. The molecule has 0 bridgehead atoms. The molecule has 4 aromatic rings. The van der Waals surface area contributed by atoms with E-state index in [2.05, 4.69) is 15.2 Å². The minimum atomic E-state index is -0.553. The zero-order valence-corrected chi connectivity index (χ0v) is 18.9. The lowest BCUT2D eigenvalue weighted by atomic mass is 10.1. The van der Waals surface area contributed by atoms with Crippen molar-refractivity contribution in [2.24, 2.45) is 0 Å². The molecule has 170 valence electrons. The van der Waals surface area contributed by atoms with Crippen LogP contribution >= 0.6 is 11.6 Å². The predicted molar refractivity (Wildman–Crippen MR) is 119 cm³/mol. The maximum absolute atomic E-state index is 14.9. The van der Waals surface area contributed by atoms with Crippen molar-refractivity contribution < 1.29 is 13.5 Å². The molecule has 0 N–H and O–H groups in total. The molecule has 1 aliphatic heterocycles. The first-order valence-corrected chi connectivity index (χ1v) is 10.7. The molecule has 9 nitrogen and oxygen atoms in total. The molecule has 11 heteroatoms. The monoisotopic (exact) mass is 470 g/mol. The third kappa shape index (κ3) is 3.85. The van der Waals surface area contributed by atoms with Crippen molar-refractivity contribution >= 4 is 23.1 Å². The Labute approximate surface area is 192 Å². The summed E-state index contributed by atoms with van der Waals surface area (Å²) in [5.74, 6) is 0.733. The van der Waals surface area contributed by atoms with Gasteiger partial charge in [-0.1, -0.05) is 11.6 Å². The Morgan fingerprint density at radius 1 is 1.18 bits per heavy atom. The largest absolute Gasteiger partial charge is 0.423 e. The zero-order valence-electron chi connectivity index (χ0n) is 18.2. The molecule has 4 heterocycles. The maximum Gasteiger partial charge on any atom is 0.261 e. The average Bonchev–Trinajstić information content (AvgIpc) is 3.24. The highest BCUT2D eigenvalue weighted by Gasteiger charge is 2.28. The van der Waals surface area contributed by atoms with Crippen LogP contribution in [0.5, 0.6) is 0 Å². The van der Waals surface area contributed by atoms with Gasteiger partial charge in [-0.25, -0.2) is 14.4 Å². The fourth-order valence-corrected chi connectivity index (χ4v) is 3.95. The second kappa shape index (κ2) is 8.20. The first-order valence-electron chi connectivity index (χ1n) is 10.3. The normalized spacial score (nSPS) is 16.5. The van der Waals surface area contributed by atoms with E-state index in [-0.39, 0.29) is 27.5 Å². The molecule has 0 spiro atoms. The summed E-state index contributed by atoms with van der Waals surface area (Å²) >= 11 is 5.95. The van der Waals surface area contributed by atoms with E-state index >= 15 is 0 Å². The first kappa shape index (κ1) is 21.5. The Bertz CT molecular complexity index is 1440. The van der Waals surface area contributed by atoms with Crippen molar-refractivity contribution in [2.45, 2.75) is 26.9 Å². The molecule has 1 atom stereocenters. The van der Waals surface area contributed by atoms with Crippen molar-refractivity contribution in [3.8, 4) is 11.3 Å². The second-order valence-electron chi connectivity index (χ2n) is 7.86. The van der Waals surface area contributed by atoms with E-state index in [1.807, 2.05) is 4.90 Å². The number of aryl methyl sites for hydroxylation is 2. The van der Waals surface area contributed by atoms with Crippen LogP contribution in [0.25, 0.3) is 16.9 Å². The highest BCUT2D eigenvalue weighted by molar-refractivity contribution is 6.30. The minimum Gasteiger partial charge on any atom is -0.423 e. The molecule has 0 aliphatic carbocycles. The smallest absolute Gasteiger partial charge is 0.261 e. The molecule has 0 unspecified atom stereocenters. The number of hydrogen-bond donors (Lipinski definition) is 0. The topological polar surface area (TPSA) is 98.7 Å². The van der Waals surface area contributed by atoms with E-state index in [9.17, 15) is 9.18 Å². The Balaban J connectivity index is 1.67. The Kier molecular flexibility index (Phi) is 5.34. The van der Waals surface area contributed by atoms with Crippen LogP contribution < -0.4 is 10.5 Å². The molecule has 0 saturated carbocycles. The number of rotatable bonds is 3. The van der Waals surface area contributed by atoms with Crippen LogP contribution in [0.1, 0.15) is 29.1 Å². The van der Waals surface area contributed by atoms with Crippen molar-refractivity contribution in [1.29, 1.82) is 0 Å². The van der Waals surface area contributed by atoms with Gasteiger partial charge in [0.1, 0.15) is 17.3 Å². The van der Waals surface area contributed by atoms with Gasteiger partial charge in [0, 0.05) is 35.3 Å². The molecule has 0 radical (unpaired) electrons. The molecule has 1 saturated heterocycles. The Morgan fingerprint density at radius 3 is 2.73 bits per heavy atom. The van der Waals surface area contributed by atoms with Crippen LogP contribution in [0, 0.1) is 26.6 Å². The van der Waals surface area contributed by atoms with Crippen LogP contribution in [0.2, 0.25) is 5.02 Å². The summed E-state index contributed by atoms with van der Waals surface area (Å²) in [6, 6.07) is 4.32. The van der Waals surface area contributed by atoms with Gasteiger partial charge in [0.2, 0.25) is 11.8 Å². The van der Waals surface area contributed by atoms with Gasteiger partial charge in [0.25, 0.3) is 5.56 Å². The number of nitrogens with zero attached hydrogens (tertiary/aromatic N) is 6. The first-order chi connectivity index (χ1) is 15.8. The number of fused-ring (bicyclic) bond motifs is 1. The highest BCUT2D eigenvalue weighted by Crippen LogP contribution is 2.30. The highest BCUT2D eigenvalue weighted by atomic mass is 35.5. The van der Waals surface area contributed by atoms with Gasteiger partial charge in [-0.2, -0.15) is 0 Å². The maximum atomic E-state index is 14.9. The summed E-state index contributed by atoms with van der Waals surface area (Å²) in [6.45, 7) is 6.43. The average molecular weight is 471 g/mol.